The minimum absolute atomic E-state index is 1.00. The van der Waals surface area contributed by atoms with Crippen molar-refractivity contribution in [3.63, 3.8) is 0 Å². The third kappa shape index (κ3) is 2.89. The van der Waals surface area contributed by atoms with Crippen LogP contribution in [0.4, 0.5) is 0 Å². The maximum absolute atomic E-state index is 5.05. The van der Waals surface area contributed by atoms with Crippen molar-refractivity contribution in [2.24, 2.45) is 0 Å². The van der Waals surface area contributed by atoms with E-state index in [-0.39, 0.29) is 0 Å². The van der Waals surface area contributed by atoms with E-state index in [1.807, 2.05) is 0 Å². The Bertz CT molecular complexity index is 2360. The lowest BCUT2D eigenvalue weighted by molar-refractivity contribution is 1.15. The number of rotatable bonds is 2. The monoisotopic (exact) mass is 515 g/mol. The minimum atomic E-state index is 1.00. The van der Waals surface area contributed by atoms with Crippen molar-refractivity contribution in [1.82, 2.24) is 14.1 Å². The highest BCUT2D eigenvalue weighted by Gasteiger charge is 2.19. The van der Waals surface area contributed by atoms with Gasteiger partial charge in [-0.25, -0.2) is 4.98 Å². The Balaban J connectivity index is 1.45. The molecule has 0 aliphatic rings. The third-order valence-corrected chi connectivity index (χ3v) is 8.96. The molecule has 9 aromatic rings. The summed E-state index contributed by atoms with van der Waals surface area (Å²) in [6, 6.07) is 45.8. The van der Waals surface area contributed by atoms with Crippen molar-refractivity contribution in [3.05, 3.63) is 127 Å². The summed E-state index contributed by atoms with van der Waals surface area (Å²) < 4.78 is 5.94. The number of aromatic nitrogens is 3. The van der Waals surface area contributed by atoms with Gasteiger partial charge in [0.15, 0.2) is 5.13 Å². The number of para-hydroxylation sites is 4. The van der Waals surface area contributed by atoms with Gasteiger partial charge in [-0.15, -0.1) is 0 Å². The Morgan fingerprint density at radius 1 is 0.487 bits per heavy atom. The number of hydrogen-bond donors (Lipinski definition) is 0. The first-order valence-electron chi connectivity index (χ1n) is 13.2. The summed E-state index contributed by atoms with van der Waals surface area (Å²) in [5.74, 6) is 0. The van der Waals surface area contributed by atoms with Crippen LogP contribution in [0.2, 0.25) is 0 Å². The number of hydrogen-bond acceptors (Lipinski definition) is 2. The Labute approximate surface area is 227 Å². The summed E-state index contributed by atoms with van der Waals surface area (Å²) in [5.41, 5.74) is 7.03. The van der Waals surface area contributed by atoms with Gasteiger partial charge >= 0.3 is 0 Å². The second kappa shape index (κ2) is 7.79. The van der Waals surface area contributed by atoms with Crippen LogP contribution in [0.5, 0.6) is 0 Å². The fraction of sp³-hybridized carbons (Fsp3) is 0. The van der Waals surface area contributed by atoms with E-state index in [1.165, 1.54) is 64.8 Å². The van der Waals surface area contributed by atoms with E-state index < -0.39 is 0 Å². The molecule has 0 saturated carbocycles. The van der Waals surface area contributed by atoms with E-state index in [2.05, 4.69) is 137 Å². The van der Waals surface area contributed by atoms with E-state index in [0.29, 0.717) is 0 Å². The second-order valence-corrected chi connectivity index (χ2v) is 11.1. The molecule has 3 nitrogen and oxygen atoms in total. The Kier molecular flexibility index (Phi) is 4.21. The maximum atomic E-state index is 5.05. The highest BCUT2D eigenvalue weighted by Crippen LogP contribution is 2.41. The fourth-order valence-electron chi connectivity index (χ4n) is 6.27. The molecule has 182 valence electrons. The number of thiazole rings is 1. The molecule has 0 fully saturated rings. The van der Waals surface area contributed by atoms with E-state index in [0.717, 1.165) is 10.6 Å². The molecule has 0 amide bonds. The van der Waals surface area contributed by atoms with Gasteiger partial charge in [0, 0.05) is 27.2 Å². The summed E-state index contributed by atoms with van der Waals surface area (Å²) in [5, 5.41) is 8.58. The van der Waals surface area contributed by atoms with Crippen LogP contribution >= 0.6 is 11.3 Å². The first-order valence-corrected chi connectivity index (χ1v) is 14.0. The van der Waals surface area contributed by atoms with Crippen LogP contribution in [0.25, 0.3) is 75.4 Å². The molecule has 9 rings (SSSR count). The van der Waals surface area contributed by atoms with Crippen LogP contribution in [-0.2, 0) is 0 Å². The van der Waals surface area contributed by atoms with Gasteiger partial charge in [-0.2, -0.15) is 0 Å². The topological polar surface area (TPSA) is 22.8 Å². The third-order valence-electron chi connectivity index (χ3n) is 7.93. The molecule has 0 atom stereocenters. The van der Waals surface area contributed by atoms with Gasteiger partial charge in [-0.05, 0) is 65.4 Å². The van der Waals surface area contributed by atoms with Crippen LogP contribution in [-0.4, -0.2) is 14.1 Å². The SMILES string of the molecule is c1ccc(-n2c3ccccc3c3cc4ccc5c(c4cc32)c2ccccc2n5-c2nc3ccccc3s2)cc1. The van der Waals surface area contributed by atoms with E-state index in [1.54, 1.807) is 11.3 Å². The van der Waals surface area contributed by atoms with E-state index in [4.69, 9.17) is 4.98 Å². The molecular weight excluding hydrogens is 494 g/mol. The van der Waals surface area contributed by atoms with Crippen LogP contribution in [0, 0.1) is 0 Å². The van der Waals surface area contributed by atoms with Gasteiger partial charge in [0.2, 0.25) is 0 Å². The van der Waals surface area contributed by atoms with Gasteiger partial charge in [0.25, 0.3) is 0 Å². The zero-order chi connectivity index (χ0) is 25.5. The predicted molar refractivity (Wildman–Crippen MR) is 166 cm³/mol. The maximum Gasteiger partial charge on any atom is 0.195 e. The predicted octanol–water partition coefficient (Wildman–Crippen LogP) is 9.64. The molecule has 0 bridgehead atoms. The van der Waals surface area contributed by atoms with Crippen molar-refractivity contribution < 1.29 is 0 Å². The van der Waals surface area contributed by atoms with Crippen LogP contribution in [0.3, 0.4) is 0 Å². The van der Waals surface area contributed by atoms with E-state index in [9.17, 15) is 0 Å². The lowest BCUT2D eigenvalue weighted by atomic mass is 10.0. The molecular formula is C35H21N3S. The average molecular weight is 516 g/mol. The highest BCUT2D eigenvalue weighted by molar-refractivity contribution is 7.20. The normalized spacial score (nSPS) is 12.1. The molecule has 6 aromatic carbocycles. The van der Waals surface area contributed by atoms with Crippen molar-refractivity contribution in [3.8, 4) is 10.8 Å². The summed E-state index contributed by atoms with van der Waals surface area (Å²) in [6.45, 7) is 0. The number of fused-ring (bicyclic) bond motifs is 9. The minimum Gasteiger partial charge on any atom is -0.309 e. The van der Waals surface area contributed by atoms with Crippen LogP contribution in [0.1, 0.15) is 0 Å². The largest absolute Gasteiger partial charge is 0.309 e. The molecule has 0 saturated heterocycles. The van der Waals surface area contributed by atoms with E-state index >= 15 is 0 Å². The van der Waals surface area contributed by atoms with Crippen molar-refractivity contribution >= 4 is 75.9 Å². The highest BCUT2D eigenvalue weighted by atomic mass is 32.1. The number of benzene rings is 6. The molecule has 0 radical (unpaired) electrons. The van der Waals surface area contributed by atoms with Crippen molar-refractivity contribution in [1.29, 1.82) is 0 Å². The Morgan fingerprint density at radius 3 is 2.05 bits per heavy atom. The average Bonchev–Trinajstić information content (AvgIpc) is 3.66. The fourth-order valence-corrected chi connectivity index (χ4v) is 7.27. The summed E-state index contributed by atoms with van der Waals surface area (Å²) in [6.07, 6.45) is 0. The summed E-state index contributed by atoms with van der Waals surface area (Å²) in [4.78, 5) is 5.05. The second-order valence-electron chi connectivity index (χ2n) is 10.1. The molecule has 4 heteroatoms. The lowest BCUT2D eigenvalue weighted by Crippen LogP contribution is -1.93. The Hall–Kier alpha value is -4.93. The first-order chi connectivity index (χ1) is 19.3. The van der Waals surface area contributed by atoms with Crippen molar-refractivity contribution in [2.75, 3.05) is 0 Å². The lowest BCUT2D eigenvalue weighted by Gasteiger charge is -2.09. The van der Waals surface area contributed by atoms with Gasteiger partial charge < -0.3 is 4.57 Å². The zero-order valence-corrected chi connectivity index (χ0v) is 21.7. The van der Waals surface area contributed by atoms with Crippen molar-refractivity contribution in [2.45, 2.75) is 0 Å². The molecule has 0 aliphatic heterocycles. The molecule has 0 spiro atoms. The molecule has 0 N–H and O–H groups in total. The van der Waals surface area contributed by atoms with Gasteiger partial charge in [0.1, 0.15) is 0 Å². The molecule has 0 aliphatic carbocycles. The summed E-state index contributed by atoms with van der Waals surface area (Å²) >= 11 is 1.74. The molecule has 0 unspecified atom stereocenters. The molecule has 3 heterocycles. The quantitative estimate of drug-likeness (QED) is 0.225. The van der Waals surface area contributed by atoms with Gasteiger partial charge in [-0.3, -0.25) is 4.57 Å². The number of nitrogens with zero attached hydrogens (tertiary/aromatic N) is 3. The zero-order valence-electron chi connectivity index (χ0n) is 20.9. The summed E-state index contributed by atoms with van der Waals surface area (Å²) in [7, 11) is 0. The smallest absolute Gasteiger partial charge is 0.195 e. The van der Waals surface area contributed by atoms with Crippen LogP contribution in [0.15, 0.2) is 127 Å². The molecule has 39 heavy (non-hydrogen) atoms. The Morgan fingerprint density at radius 2 is 1.21 bits per heavy atom. The molecule has 3 aromatic heterocycles. The standard InChI is InChI=1S/C35H21N3S/c1-2-10-23(11-3-1)37-29-15-7-4-12-24(29)27-20-22-18-19-31-34(26(22)21-32(27)37)25-13-5-8-16-30(25)38(31)35-36-28-14-6-9-17-33(28)39-35/h1-21H. The van der Waals surface area contributed by atoms with Gasteiger partial charge in [0.05, 0.1) is 32.3 Å². The first kappa shape index (κ1) is 21.1. The van der Waals surface area contributed by atoms with Gasteiger partial charge in [-0.1, -0.05) is 84.1 Å². The van der Waals surface area contributed by atoms with Crippen LogP contribution < -0.4 is 0 Å².